The minimum atomic E-state index is -0.447. The molecule has 0 bridgehead atoms. The maximum atomic E-state index is 14.0. The highest BCUT2D eigenvalue weighted by atomic mass is 19.1. The van der Waals surface area contributed by atoms with Crippen LogP contribution in [0.1, 0.15) is 33.4 Å². The lowest BCUT2D eigenvalue weighted by molar-refractivity contribution is -0.0245. The van der Waals surface area contributed by atoms with Crippen LogP contribution in [0.25, 0.3) is 0 Å². The lowest BCUT2D eigenvalue weighted by atomic mass is 10.0. The minimum Gasteiger partial charge on any atom is -0.370 e. The summed E-state index contributed by atoms with van der Waals surface area (Å²) in [4.78, 5) is 14.6. The Morgan fingerprint density at radius 2 is 2.25 bits per heavy atom. The van der Waals surface area contributed by atoms with Gasteiger partial charge < -0.3 is 15.0 Å². The Kier molecular flexibility index (Phi) is 4.03. The fourth-order valence-corrected chi connectivity index (χ4v) is 3.31. The predicted octanol–water partition coefficient (Wildman–Crippen LogP) is 1.41. The number of amides is 1. The fourth-order valence-electron chi connectivity index (χ4n) is 3.31. The summed E-state index contributed by atoms with van der Waals surface area (Å²) in [6, 6.07) is 6.54. The van der Waals surface area contributed by atoms with E-state index in [9.17, 15) is 9.18 Å². The molecular weight excluding hydrogens is 311 g/mol. The largest absolute Gasteiger partial charge is 0.370 e. The van der Waals surface area contributed by atoms with Gasteiger partial charge in [-0.2, -0.15) is 5.10 Å². The number of carbonyl (C=O) groups is 1. The molecule has 6 nitrogen and oxygen atoms in total. The van der Waals surface area contributed by atoms with Crippen LogP contribution in [0.3, 0.4) is 0 Å². The Bertz CT molecular complexity index is 761. The third-order valence-electron chi connectivity index (χ3n) is 4.61. The number of aromatic amines is 1. The summed E-state index contributed by atoms with van der Waals surface area (Å²) in [6.45, 7) is 2.73. The van der Waals surface area contributed by atoms with Crippen LogP contribution in [0.5, 0.6) is 0 Å². The van der Waals surface area contributed by atoms with Gasteiger partial charge in [0, 0.05) is 42.9 Å². The van der Waals surface area contributed by atoms with Crippen molar-refractivity contribution in [2.24, 2.45) is 0 Å². The lowest BCUT2D eigenvalue weighted by Crippen LogP contribution is -2.43. The number of hydrogen-bond donors (Lipinski definition) is 2. The van der Waals surface area contributed by atoms with Crippen LogP contribution >= 0.6 is 0 Å². The van der Waals surface area contributed by atoms with Gasteiger partial charge >= 0.3 is 0 Å². The number of aromatic nitrogens is 2. The van der Waals surface area contributed by atoms with Crippen molar-refractivity contribution in [1.82, 2.24) is 20.4 Å². The van der Waals surface area contributed by atoms with Gasteiger partial charge in [-0.1, -0.05) is 18.2 Å². The van der Waals surface area contributed by atoms with Gasteiger partial charge in [-0.15, -0.1) is 0 Å². The summed E-state index contributed by atoms with van der Waals surface area (Å²) in [6.07, 6.45) is 0.396. The molecule has 4 rings (SSSR count). The van der Waals surface area contributed by atoms with Crippen molar-refractivity contribution in [1.29, 1.82) is 0 Å². The van der Waals surface area contributed by atoms with Gasteiger partial charge in [0.25, 0.3) is 5.91 Å². The Balaban J connectivity index is 1.55. The predicted molar refractivity (Wildman–Crippen MR) is 85.0 cm³/mol. The molecule has 0 aliphatic carbocycles. The minimum absolute atomic E-state index is 0.124. The Morgan fingerprint density at radius 3 is 3.12 bits per heavy atom. The Hall–Kier alpha value is -2.25. The van der Waals surface area contributed by atoms with Gasteiger partial charge in [0.15, 0.2) is 5.69 Å². The van der Waals surface area contributed by atoms with E-state index in [2.05, 4.69) is 15.5 Å². The van der Waals surface area contributed by atoms with E-state index >= 15 is 0 Å². The summed E-state index contributed by atoms with van der Waals surface area (Å²) in [5, 5.41) is 10.4. The van der Waals surface area contributed by atoms with E-state index in [1.807, 2.05) is 0 Å². The van der Waals surface area contributed by atoms with Gasteiger partial charge in [-0.3, -0.25) is 9.89 Å². The molecule has 0 spiro atoms. The molecule has 2 aliphatic rings. The molecule has 2 aromatic rings. The second kappa shape index (κ2) is 6.33. The van der Waals surface area contributed by atoms with E-state index in [0.29, 0.717) is 37.5 Å². The molecule has 2 aliphatic heterocycles. The highest BCUT2D eigenvalue weighted by molar-refractivity contribution is 5.94. The zero-order valence-corrected chi connectivity index (χ0v) is 13.2. The second-order valence-electron chi connectivity index (χ2n) is 6.09. The number of carbonyl (C=O) groups excluding carboxylic acids is 1. The summed E-state index contributed by atoms with van der Waals surface area (Å²) in [7, 11) is 0. The van der Waals surface area contributed by atoms with Gasteiger partial charge in [0.05, 0.1) is 13.2 Å². The summed E-state index contributed by atoms with van der Waals surface area (Å²) < 4.78 is 19.7. The summed E-state index contributed by atoms with van der Waals surface area (Å²) in [5.74, 6) is -0.431. The van der Waals surface area contributed by atoms with E-state index in [1.54, 1.807) is 23.1 Å². The van der Waals surface area contributed by atoms with E-state index in [-0.39, 0.29) is 11.7 Å². The van der Waals surface area contributed by atoms with Gasteiger partial charge in [-0.25, -0.2) is 4.39 Å². The number of benzene rings is 1. The number of morpholine rings is 1. The molecule has 1 unspecified atom stereocenters. The third-order valence-corrected chi connectivity index (χ3v) is 4.61. The number of fused-ring (bicyclic) bond motifs is 1. The Labute approximate surface area is 139 Å². The van der Waals surface area contributed by atoms with Crippen LogP contribution in [-0.4, -0.2) is 47.2 Å². The van der Waals surface area contributed by atoms with Gasteiger partial charge in [0.2, 0.25) is 0 Å². The first kappa shape index (κ1) is 15.3. The normalized spacial score (nSPS) is 20.7. The average Bonchev–Trinajstić information content (AvgIpc) is 3.06. The first-order chi connectivity index (χ1) is 11.7. The number of nitrogens with zero attached hydrogens (tertiary/aromatic N) is 2. The highest BCUT2D eigenvalue weighted by Gasteiger charge is 2.31. The highest BCUT2D eigenvalue weighted by Crippen LogP contribution is 2.26. The molecule has 7 heteroatoms. The molecule has 0 saturated carbocycles. The number of H-pyrrole nitrogens is 1. The molecule has 2 N–H and O–H groups in total. The molecule has 126 valence electrons. The van der Waals surface area contributed by atoms with Crippen molar-refractivity contribution >= 4 is 5.91 Å². The molecule has 1 amide bonds. The molecule has 0 radical (unpaired) electrons. The second-order valence-corrected chi connectivity index (χ2v) is 6.09. The maximum absolute atomic E-state index is 14.0. The van der Waals surface area contributed by atoms with Crippen molar-refractivity contribution in [3.05, 3.63) is 52.6 Å². The molecule has 1 aromatic heterocycles. The van der Waals surface area contributed by atoms with Crippen LogP contribution in [-0.2, 0) is 17.7 Å². The molecule has 1 saturated heterocycles. The summed E-state index contributed by atoms with van der Waals surface area (Å²) in [5.41, 5.74) is 2.92. The van der Waals surface area contributed by atoms with E-state index in [4.69, 9.17) is 4.74 Å². The van der Waals surface area contributed by atoms with Crippen molar-refractivity contribution in [2.75, 3.05) is 26.2 Å². The fraction of sp³-hybridized carbons (Fsp3) is 0.412. The molecular formula is C17H19FN4O2. The molecule has 24 heavy (non-hydrogen) atoms. The quantitative estimate of drug-likeness (QED) is 0.873. The number of nitrogens with one attached hydrogen (secondary N) is 2. The van der Waals surface area contributed by atoms with E-state index < -0.39 is 6.10 Å². The van der Waals surface area contributed by atoms with Crippen molar-refractivity contribution < 1.29 is 13.9 Å². The molecule has 1 aromatic carbocycles. The van der Waals surface area contributed by atoms with Crippen LogP contribution < -0.4 is 5.32 Å². The van der Waals surface area contributed by atoms with Crippen molar-refractivity contribution in [2.45, 2.75) is 19.1 Å². The van der Waals surface area contributed by atoms with Crippen molar-refractivity contribution in [3.63, 3.8) is 0 Å². The topological polar surface area (TPSA) is 70.2 Å². The van der Waals surface area contributed by atoms with Crippen molar-refractivity contribution in [3.8, 4) is 0 Å². The van der Waals surface area contributed by atoms with E-state index in [0.717, 1.165) is 24.2 Å². The van der Waals surface area contributed by atoms with Crippen LogP contribution in [0, 0.1) is 5.82 Å². The standard InChI is InChI=1S/C17H19FN4O2/c18-13-4-2-1-3-11(13)15-10-22(7-8-24-15)17(23)16-12-9-19-6-5-14(12)20-21-16/h1-4,15,19H,5-10H2,(H,20,21). The lowest BCUT2D eigenvalue weighted by Gasteiger charge is -2.33. The van der Waals surface area contributed by atoms with Crippen LogP contribution in [0.4, 0.5) is 4.39 Å². The monoisotopic (exact) mass is 330 g/mol. The van der Waals surface area contributed by atoms with Crippen LogP contribution in [0.15, 0.2) is 24.3 Å². The smallest absolute Gasteiger partial charge is 0.274 e. The number of halogens is 1. The molecule has 1 atom stereocenters. The number of ether oxygens (including phenoxy) is 1. The summed E-state index contributed by atoms with van der Waals surface area (Å²) >= 11 is 0. The maximum Gasteiger partial charge on any atom is 0.274 e. The van der Waals surface area contributed by atoms with Gasteiger partial charge in [0.1, 0.15) is 11.9 Å². The van der Waals surface area contributed by atoms with E-state index in [1.165, 1.54) is 6.07 Å². The van der Waals surface area contributed by atoms with Crippen LogP contribution in [0.2, 0.25) is 0 Å². The number of hydrogen-bond acceptors (Lipinski definition) is 4. The van der Waals surface area contributed by atoms with Gasteiger partial charge in [-0.05, 0) is 6.07 Å². The Morgan fingerprint density at radius 1 is 1.38 bits per heavy atom. The SMILES string of the molecule is O=C(c1n[nH]c2c1CNCC2)N1CCOC(c2ccccc2F)C1. The first-order valence-corrected chi connectivity index (χ1v) is 8.16. The third kappa shape index (κ3) is 2.70. The molecule has 1 fully saturated rings. The molecule has 3 heterocycles. The zero-order chi connectivity index (χ0) is 16.5. The average molecular weight is 330 g/mol. The number of rotatable bonds is 2. The zero-order valence-electron chi connectivity index (χ0n) is 13.2. The first-order valence-electron chi connectivity index (χ1n) is 8.16.